The van der Waals surface area contributed by atoms with Crippen molar-refractivity contribution in [3.8, 4) is 5.75 Å². The molecule has 9 heteroatoms. The van der Waals surface area contributed by atoms with E-state index in [4.69, 9.17) is 4.74 Å². The number of nitrogens with one attached hydrogen (secondary N) is 1. The van der Waals surface area contributed by atoms with Crippen molar-refractivity contribution in [2.45, 2.75) is 50.1 Å². The number of hydrogen-bond donors (Lipinski definition) is 3. The zero-order chi connectivity index (χ0) is 26.0. The highest BCUT2D eigenvalue weighted by Crippen LogP contribution is 2.43. The lowest BCUT2D eigenvalue weighted by atomic mass is 9.73. The molecule has 0 radical (unpaired) electrons. The van der Waals surface area contributed by atoms with Crippen LogP contribution in [0.3, 0.4) is 0 Å². The Hall–Kier alpha value is -2.17. The molecule has 2 aliphatic rings. The number of likely N-dealkylation sites (N-methyl/N-ethyl adjacent to an activating group) is 1. The van der Waals surface area contributed by atoms with Crippen molar-refractivity contribution in [3.63, 3.8) is 0 Å². The summed E-state index contributed by atoms with van der Waals surface area (Å²) < 4.78 is 6.22. The number of ether oxygens (including phenoxy) is 1. The second-order valence-electron chi connectivity index (χ2n) is 10.1. The van der Waals surface area contributed by atoms with Gasteiger partial charge in [0, 0.05) is 53.8 Å². The van der Waals surface area contributed by atoms with E-state index in [1.807, 2.05) is 0 Å². The number of hydrogen-bond acceptors (Lipinski definition) is 6. The van der Waals surface area contributed by atoms with Crippen molar-refractivity contribution in [3.05, 3.63) is 58.6 Å². The fourth-order valence-electron chi connectivity index (χ4n) is 5.18. The Labute approximate surface area is 222 Å². The van der Waals surface area contributed by atoms with Gasteiger partial charge >= 0.3 is 6.03 Å². The largest absolute Gasteiger partial charge is 0.497 e. The van der Waals surface area contributed by atoms with Crippen LogP contribution in [-0.4, -0.2) is 102 Å². The van der Waals surface area contributed by atoms with Gasteiger partial charge in [-0.2, -0.15) is 0 Å². The highest BCUT2D eigenvalue weighted by atomic mass is 79.9. The summed E-state index contributed by atoms with van der Waals surface area (Å²) in [5.41, 5.74) is 1.86. The maximum Gasteiger partial charge on any atom is 0.321 e. The molecule has 0 saturated carbocycles. The molecule has 2 aliphatic heterocycles. The van der Waals surface area contributed by atoms with Gasteiger partial charge in [0.2, 0.25) is 0 Å². The van der Waals surface area contributed by atoms with Crippen LogP contribution in [0.2, 0.25) is 0 Å². The minimum absolute atomic E-state index is 0.0282. The highest BCUT2D eigenvalue weighted by molar-refractivity contribution is 9.10. The van der Waals surface area contributed by atoms with Crippen molar-refractivity contribution in [1.29, 1.82) is 0 Å². The van der Waals surface area contributed by atoms with Gasteiger partial charge in [0.25, 0.3) is 0 Å². The van der Waals surface area contributed by atoms with E-state index in [2.05, 4.69) is 76.2 Å². The molecule has 0 spiro atoms. The maximum atomic E-state index is 13.3. The van der Waals surface area contributed by atoms with Crippen molar-refractivity contribution in [1.82, 2.24) is 14.7 Å². The molecule has 196 valence electrons. The molecule has 2 heterocycles. The lowest BCUT2D eigenvalue weighted by molar-refractivity contribution is -0.107. The number of β-amino-alcohol motifs (C(OH)–C–C–N with tert-alkyl or cyclic N) is 1. The number of methoxy groups -OCH3 is 1. The summed E-state index contributed by atoms with van der Waals surface area (Å²) in [7, 11) is 3.71. The third-order valence-electron chi connectivity index (χ3n) is 7.58. The first-order valence-electron chi connectivity index (χ1n) is 12.5. The molecule has 3 N–H and O–H groups in total. The zero-order valence-electron chi connectivity index (χ0n) is 21.3. The molecule has 2 fully saturated rings. The van der Waals surface area contributed by atoms with Gasteiger partial charge in [-0.05, 0) is 62.9 Å². The van der Waals surface area contributed by atoms with Crippen LogP contribution in [0.4, 0.5) is 10.5 Å². The van der Waals surface area contributed by atoms with E-state index >= 15 is 0 Å². The summed E-state index contributed by atoms with van der Waals surface area (Å²) in [5, 5.41) is 24.5. The summed E-state index contributed by atoms with van der Waals surface area (Å²) >= 11 is 3.54. The van der Waals surface area contributed by atoms with Crippen molar-refractivity contribution >= 4 is 27.6 Å². The smallest absolute Gasteiger partial charge is 0.321 e. The second kappa shape index (κ2) is 11.5. The zero-order valence-corrected chi connectivity index (χ0v) is 22.9. The first kappa shape index (κ1) is 26.9. The number of benzene rings is 2. The van der Waals surface area contributed by atoms with Crippen molar-refractivity contribution < 1.29 is 19.7 Å². The molecule has 4 rings (SSSR count). The number of rotatable bonds is 6. The molecule has 0 aromatic heterocycles. The lowest BCUT2D eigenvalue weighted by Gasteiger charge is -2.59. The molecule has 0 bridgehead atoms. The van der Waals surface area contributed by atoms with Crippen molar-refractivity contribution in [2.75, 3.05) is 45.7 Å². The number of aliphatic hydroxyl groups is 2. The number of halogens is 1. The van der Waals surface area contributed by atoms with Crippen LogP contribution in [0.15, 0.2) is 53.0 Å². The van der Waals surface area contributed by atoms with Gasteiger partial charge in [-0.1, -0.05) is 28.1 Å². The Morgan fingerprint density at radius 1 is 1.08 bits per heavy atom. The van der Waals surface area contributed by atoms with Crippen LogP contribution in [0, 0.1) is 0 Å². The van der Waals surface area contributed by atoms with E-state index in [1.54, 1.807) is 36.3 Å². The molecular weight excluding hydrogens is 524 g/mol. The van der Waals surface area contributed by atoms with Gasteiger partial charge < -0.3 is 30.1 Å². The third kappa shape index (κ3) is 5.86. The normalized spacial score (nSPS) is 26.7. The number of carbonyl (C=O) groups is 1. The third-order valence-corrected chi connectivity index (χ3v) is 8.11. The van der Waals surface area contributed by atoms with E-state index in [1.165, 1.54) is 5.56 Å². The number of nitrogens with zero attached hydrogens (tertiary/aromatic N) is 3. The average Bonchev–Trinajstić information content (AvgIpc) is 2.86. The van der Waals surface area contributed by atoms with Crippen LogP contribution in [0.5, 0.6) is 5.75 Å². The maximum absolute atomic E-state index is 13.3. The SMILES string of the molecule is COc1ccc(NC(=O)N2C[C@@H](O)[C@@H](O)CN3[C@H](CN(C)C(C)C)[C@H](c4ccc(Br)cc4)[C@@H]3C2)cc1. The first-order chi connectivity index (χ1) is 17.2. The second-order valence-corrected chi connectivity index (χ2v) is 11.1. The lowest BCUT2D eigenvalue weighted by Crippen LogP contribution is -2.72. The van der Waals surface area contributed by atoms with Gasteiger partial charge in [-0.15, -0.1) is 0 Å². The Kier molecular flexibility index (Phi) is 8.57. The molecule has 2 amide bonds. The van der Waals surface area contributed by atoms with Gasteiger partial charge in [0.1, 0.15) is 5.75 Å². The average molecular weight is 562 g/mol. The summed E-state index contributed by atoms with van der Waals surface area (Å²) in [6, 6.07) is 15.8. The Balaban J connectivity index is 1.59. The number of urea groups is 1. The minimum Gasteiger partial charge on any atom is -0.497 e. The Bertz CT molecular complexity index is 1020. The summed E-state index contributed by atoms with van der Waals surface area (Å²) in [6.45, 7) is 6.06. The monoisotopic (exact) mass is 560 g/mol. The van der Waals surface area contributed by atoms with Crippen LogP contribution in [-0.2, 0) is 0 Å². The number of amides is 2. The summed E-state index contributed by atoms with van der Waals surface area (Å²) in [4.78, 5) is 19.5. The van der Waals surface area contributed by atoms with Crippen LogP contribution < -0.4 is 10.1 Å². The van der Waals surface area contributed by atoms with E-state index in [9.17, 15) is 15.0 Å². The molecule has 0 unspecified atom stereocenters. The molecular formula is C27H37BrN4O4. The number of anilines is 1. The predicted molar refractivity (Wildman–Crippen MR) is 145 cm³/mol. The molecule has 2 aromatic rings. The number of carbonyl (C=O) groups excluding carboxylic acids is 1. The molecule has 2 aromatic carbocycles. The van der Waals surface area contributed by atoms with E-state index < -0.39 is 12.2 Å². The standard InChI is InChI=1S/C27H37BrN4O4/c1-17(2)30(3)13-22-26(18-5-7-19(28)8-6-18)23-14-31(15-24(33)25(34)16-32(22)23)27(35)29-20-9-11-21(36-4)12-10-20/h5-12,17,22-26,33-34H,13-16H2,1-4H3,(H,29,35)/t22-,23+,24-,25+,26+/m1/s1. The van der Waals surface area contributed by atoms with E-state index in [-0.39, 0.29) is 30.6 Å². The fourth-order valence-corrected chi connectivity index (χ4v) is 5.45. The quantitative estimate of drug-likeness (QED) is 0.502. The topological polar surface area (TPSA) is 88.5 Å². The molecule has 36 heavy (non-hydrogen) atoms. The minimum atomic E-state index is -1.03. The van der Waals surface area contributed by atoms with Crippen LogP contribution in [0.25, 0.3) is 0 Å². The predicted octanol–water partition coefficient (Wildman–Crippen LogP) is 3.20. The first-order valence-corrected chi connectivity index (χ1v) is 13.2. The molecule has 0 aliphatic carbocycles. The summed E-state index contributed by atoms with van der Waals surface area (Å²) in [5.74, 6) is 0.899. The van der Waals surface area contributed by atoms with Gasteiger partial charge in [-0.3, -0.25) is 4.90 Å². The summed E-state index contributed by atoms with van der Waals surface area (Å²) in [6.07, 6.45) is -1.97. The fraction of sp³-hybridized carbons (Fsp3) is 0.519. The van der Waals surface area contributed by atoms with Crippen LogP contribution in [0.1, 0.15) is 25.3 Å². The molecule has 5 atom stereocenters. The van der Waals surface area contributed by atoms with Gasteiger partial charge in [-0.25, -0.2) is 4.79 Å². The number of aliphatic hydroxyl groups excluding tert-OH is 2. The number of fused-ring (bicyclic) bond motifs is 1. The van der Waals surface area contributed by atoms with Crippen LogP contribution >= 0.6 is 15.9 Å². The Morgan fingerprint density at radius 3 is 2.33 bits per heavy atom. The van der Waals surface area contributed by atoms with Gasteiger partial charge in [0.15, 0.2) is 0 Å². The molecule has 2 saturated heterocycles. The van der Waals surface area contributed by atoms with Crippen molar-refractivity contribution in [2.24, 2.45) is 0 Å². The molecule has 8 nitrogen and oxygen atoms in total. The van der Waals surface area contributed by atoms with Gasteiger partial charge in [0.05, 0.1) is 25.9 Å². The Morgan fingerprint density at radius 2 is 1.72 bits per heavy atom. The highest BCUT2D eigenvalue weighted by Gasteiger charge is 2.52. The van der Waals surface area contributed by atoms with E-state index in [0.29, 0.717) is 30.6 Å². The van der Waals surface area contributed by atoms with E-state index in [0.717, 1.165) is 11.0 Å².